The van der Waals surface area contributed by atoms with Crippen molar-refractivity contribution in [1.82, 2.24) is 14.9 Å². The highest BCUT2D eigenvalue weighted by atomic mass is 35.5. The third-order valence-corrected chi connectivity index (χ3v) is 5.46. The third-order valence-electron chi connectivity index (χ3n) is 5.18. The number of pyridine rings is 2. The van der Waals surface area contributed by atoms with Gasteiger partial charge in [0.2, 0.25) is 11.8 Å². The Hall–Kier alpha value is -2.41. The second kappa shape index (κ2) is 8.31. The Bertz CT molecular complexity index is 852. The van der Waals surface area contributed by atoms with Crippen LogP contribution in [0.2, 0.25) is 5.02 Å². The van der Waals surface area contributed by atoms with Crippen LogP contribution in [-0.2, 0) is 0 Å². The molecular formula is C20H22ClFN4O2. The van der Waals surface area contributed by atoms with Crippen LogP contribution in [0.5, 0.6) is 5.88 Å². The monoisotopic (exact) mass is 404 g/mol. The number of nitrogens with zero attached hydrogens (tertiary/aromatic N) is 4. The van der Waals surface area contributed by atoms with Gasteiger partial charge in [-0.25, -0.2) is 4.98 Å². The Morgan fingerprint density at radius 3 is 2.61 bits per heavy atom. The van der Waals surface area contributed by atoms with Gasteiger partial charge in [0.1, 0.15) is 11.9 Å². The number of likely N-dealkylation sites (tertiary alicyclic amines) is 1. The quantitative estimate of drug-likeness (QED) is 0.729. The van der Waals surface area contributed by atoms with Crippen LogP contribution in [0.1, 0.15) is 36.0 Å². The molecule has 2 saturated heterocycles. The van der Waals surface area contributed by atoms with Gasteiger partial charge in [0.05, 0.1) is 10.6 Å². The van der Waals surface area contributed by atoms with Crippen LogP contribution in [-0.4, -0.2) is 53.1 Å². The molecule has 0 aromatic carbocycles. The van der Waals surface area contributed by atoms with Crippen molar-refractivity contribution >= 4 is 23.3 Å². The van der Waals surface area contributed by atoms with Gasteiger partial charge >= 0.3 is 0 Å². The Morgan fingerprint density at radius 2 is 1.93 bits per heavy atom. The molecule has 148 valence electrons. The highest BCUT2D eigenvalue weighted by Crippen LogP contribution is 2.28. The molecule has 4 rings (SSSR count). The molecule has 2 aromatic heterocycles. The molecule has 2 aromatic rings. The Balaban J connectivity index is 1.37. The van der Waals surface area contributed by atoms with Gasteiger partial charge in [-0.3, -0.25) is 4.79 Å². The molecular weight excluding hydrogens is 383 g/mol. The zero-order valence-electron chi connectivity index (χ0n) is 15.5. The Kier molecular flexibility index (Phi) is 5.62. The second-order valence-corrected chi connectivity index (χ2v) is 7.54. The number of aromatic nitrogens is 2. The summed E-state index contributed by atoms with van der Waals surface area (Å²) in [7, 11) is 0. The first-order valence-corrected chi connectivity index (χ1v) is 9.97. The van der Waals surface area contributed by atoms with Crippen molar-refractivity contribution in [1.29, 1.82) is 0 Å². The van der Waals surface area contributed by atoms with E-state index < -0.39 is 5.95 Å². The Morgan fingerprint density at radius 1 is 1.18 bits per heavy atom. The zero-order chi connectivity index (χ0) is 19.5. The minimum atomic E-state index is -0.547. The summed E-state index contributed by atoms with van der Waals surface area (Å²) < 4.78 is 19.0. The number of carbonyl (C=O) groups is 1. The molecule has 0 radical (unpaired) electrons. The predicted octanol–water partition coefficient (Wildman–Crippen LogP) is 3.55. The van der Waals surface area contributed by atoms with Crippen molar-refractivity contribution in [2.75, 3.05) is 31.1 Å². The SMILES string of the molecule is O=C(c1cnc(N2CCC(Oc3cccc(F)n3)CC2)c(Cl)c1)N1CCCC1. The summed E-state index contributed by atoms with van der Waals surface area (Å²) >= 11 is 6.44. The van der Waals surface area contributed by atoms with Gasteiger partial charge in [0, 0.05) is 51.3 Å². The topological polar surface area (TPSA) is 58.6 Å². The van der Waals surface area contributed by atoms with E-state index in [2.05, 4.69) is 14.9 Å². The summed E-state index contributed by atoms with van der Waals surface area (Å²) in [6.07, 6.45) is 5.19. The van der Waals surface area contributed by atoms with E-state index in [4.69, 9.17) is 16.3 Å². The normalized spacial score (nSPS) is 17.8. The van der Waals surface area contributed by atoms with Gasteiger partial charge in [-0.2, -0.15) is 9.37 Å². The van der Waals surface area contributed by atoms with Crippen molar-refractivity contribution in [3.63, 3.8) is 0 Å². The first-order chi connectivity index (χ1) is 13.6. The minimum absolute atomic E-state index is 0.00634. The Labute approximate surface area is 168 Å². The van der Waals surface area contributed by atoms with Crippen LogP contribution in [0.3, 0.4) is 0 Å². The molecule has 0 aliphatic carbocycles. The molecule has 0 spiro atoms. The van der Waals surface area contributed by atoms with Crippen LogP contribution in [0.4, 0.5) is 10.2 Å². The van der Waals surface area contributed by atoms with Crippen LogP contribution >= 0.6 is 11.6 Å². The molecule has 0 atom stereocenters. The second-order valence-electron chi connectivity index (χ2n) is 7.13. The van der Waals surface area contributed by atoms with Gasteiger partial charge in [-0.15, -0.1) is 0 Å². The average Bonchev–Trinajstić information content (AvgIpc) is 3.23. The summed E-state index contributed by atoms with van der Waals surface area (Å²) in [5.41, 5.74) is 0.533. The smallest absolute Gasteiger partial charge is 0.255 e. The lowest BCUT2D eigenvalue weighted by Crippen LogP contribution is -2.39. The number of hydrogen-bond donors (Lipinski definition) is 0. The lowest BCUT2D eigenvalue weighted by atomic mass is 10.1. The summed E-state index contributed by atoms with van der Waals surface area (Å²) in [6, 6.07) is 6.25. The largest absolute Gasteiger partial charge is 0.474 e. The number of piperidine rings is 1. The standard InChI is InChI=1S/C20H22ClFN4O2/c21-16-12-14(20(27)26-8-1-2-9-26)13-23-19(16)25-10-6-15(7-11-25)28-18-5-3-4-17(22)24-18/h3-5,12-13,15H,1-2,6-11H2. The van der Waals surface area contributed by atoms with Crippen molar-refractivity contribution in [2.24, 2.45) is 0 Å². The van der Waals surface area contributed by atoms with Gasteiger partial charge in [0.25, 0.3) is 5.91 Å². The predicted molar refractivity (Wildman–Crippen MR) is 104 cm³/mol. The maximum absolute atomic E-state index is 13.2. The highest BCUT2D eigenvalue weighted by molar-refractivity contribution is 6.33. The first kappa shape index (κ1) is 18.9. The van der Waals surface area contributed by atoms with Crippen molar-refractivity contribution in [3.05, 3.63) is 47.0 Å². The average molecular weight is 405 g/mol. The fourth-order valence-electron chi connectivity index (χ4n) is 3.69. The summed E-state index contributed by atoms with van der Waals surface area (Å²) in [4.78, 5) is 24.6. The number of amides is 1. The fourth-order valence-corrected chi connectivity index (χ4v) is 3.98. The number of ether oxygens (including phenoxy) is 1. The molecule has 2 aliphatic rings. The number of hydrogen-bond acceptors (Lipinski definition) is 5. The zero-order valence-corrected chi connectivity index (χ0v) is 16.2. The maximum atomic E-state index is 13.2. The third kappa shape index (κ3) is 4.19. The van der Waals surface area contributed by atoms with Gasteiger partial charge < -0.3 is 14.5 Å². The molecule has 6 nitrogen and oxygen atoms in total. The minimum Gasteiger partial charge on any atom is -0.474 e. The molecule has 2 aliphatic heterocycles. The molecule has 0 unspecified atom stereocenters. The van der Waals surface area contributed by atoms with E-state index in [9.17, 15) is 9.18 Å². The van der Waals surface area contributed by atoms with E-state index in [1.165, 1.54) is 6.07 Å². The first-order valence-electron chi connectivity index (χ1n) is 9.59. The van der Waals surface area contributed by atoms with E-state index in [-0.39, 0.29) is 12.0 Å². The molecule has 28 heavy (non-hydrogen) atoms. The lowest BCUT2D eigenvalue weighted by Gasteiger charge is -2.33. The van der Waals surface area contributed by atoms with Gasteiger partial charge in [-0.1, -0.05) is 17.7 Å². The van der Waals surface area contributed by atoms with Crippen LogP contribution in [0.15, 0.2) is 30.5 Å². The van der Waals surface area contributed by atoms with E-state index in [1.54, 1.807) is 24.4 Å². The van der Waals surface area contributed by atoms with Crippen molar-refractivity contribution in [3.8, 4) is 5.88 Å². The number of anilines is 1. The van der Waals surface area contributed by atoms with Crippen LogP contribution < -0.4 is 9.64 Å². The van der Waals surface area contributed by atoms with Gasteiger partial charge in [-0.05, 0) is 25.0 Å². The summed E-state index contributed by atoms with van der Waals surface area (Å²) in [5, 5.41) is 0.483. The fraction of sp³-hybridized carbons (Fsp3) is 0.450. The molecule has 1 amide bonds. The van der Waals surface area contributed by atoms with E-state index in [0.717, 1.165) is 38.8 Å². The molecule has 0 N–H and O–H groups in total. The molecule has 0 bridgehead atoms. The lowest BCUT2D eigenvalue weighted by molar-refractivity contribution is 0.0792. The van der Waals surface area contributed by atoms with E-state index in [0.29, 0.717) is 35.4 Å². The number of halogens is 2. The van der Waals surface area contributed by atoms with Crippen LogP contribution in [0, 0.1) is 5.95 Å². The molecule has 8 heteroatoms. The summed E-state index contributed by atoms with van der Waals surface area (Å²) in [5.74, 6) is 0.434. The highest BCUT2D eigenvalue weighted by Gasteiger charge is 2.25. The van der Waals surface area contributed by atoms with Gasteiger partial charge in [0.15, 0.2) is 0 Å². The maximum Gasteiger partial charge on any atom is 0.255 e. The molecule has 0 saturated carbocycles. The number of carbonyl (C=O) groups excluding carboxylic acids is 1. The summed E-state index contributed by atoms with van der Waals surface area (Å²) in [6.45, 7) is 3.02. The van der Waals surface area contributed by atoms with Crippen LogP contribution in [0.25, 0.3) is 0 Å². The van der Waals surface area contributed by atoms with Crippen molar-refractivity contribution in [2.45, 2.75) is 31.8 Å². The molecule has 2 fully saturated rings. The molecule has 4 heterocycles. The number of rotatable bonds is 4. The van der Waals surface area contributed by atoms with E-state index in [1.807, 2.05) is 4.90 Å². The van der Waals surface area contributed by atoms with Crippen molar-refractivity contribution < 1.29 is 13.9 Å². The van der Waals surface area contributed by atoms with E-state index >= 15 is 0 Å².